The van der Waals surface area contributed by atoms with E-state index in [4.69, 9.17) is 5.11 Å². The Morgan fingerprint density at radius 1 is 1.80 bits per heavy atom. The van der Waals surface area contributed by atoms with Gasteiger partial charge in [0, 0.05) is 12.9 Å². The van der Waals surface area contributed by atoms with E-state index in [1.165, 1.54) is 0 Å². The molecule has 0 aromatic heterocycles. The highest BCUT2D eigenvalue weighted by Crippen LogP contribution is 1.92. The molecule has 0 saturated heterocycles. The summed E-state index contributed by atoms with van der Waals surface area (Å²) in [5, 5.41) is 14.2. The summed E-state index contributed by atoms with van der Waals surface area (Å²) >= 11 is 0. The van der Waals surface area contributed by atoms with Gasteiger partial charge in [0.1, 0.15) is 0 Å². The Morgan fingerprint density at radius 3 is 2.70 bits per heavy atom. The van der Waals surface area contributed by atoms with E-state index in [1.54, 1.807) is 18.1 Å². The molecule has 0 heterocycles. The Labute approximate surface area is 61.7 Å². The van der Waals surface area contributed by atoms with E-state index in [2.05, 4.69) is 11.8 Å². The van der Waals surface area contributed by atoms with E-state index in [1.807, 2.05) is 13.0 Å². The summed E-state index contributed by atoms with van der Waals surface area (Å²) in [5.74, 6) is 0. The third-order valence-corrected chi connectivity index (χ3v) is 0.954. The number of nitrogens with zero attached hydrogens (tertiary/aromatic N) is 2. The van der Waals surface area contributed by atoms with Gasteiger partial charge in [-0.3, -0.25) is 5.01 Å². The number of aliphatic hydroxyl groups is 1. The van der Waals surface area contributed by atoms with Gasteiger partial charge in [0.15, 0.2) is 0 Å². The van der Waals surface area contributed by atoms with E-state index in [-0.39, 0.29) is 6.10 Å². The summed E-state index contributed by atoms with van der Waals surface area (Å²) in [7, 11) is 0. The smallest absolute Gasteiger partial charge is 0.0708 e. The van der Waals surface area contributed by atoms with Crippen molar-refractivity contribution < 1.29 is 5.11 Å². The van der Waals surface area contributed by atoms with Crippen molar-refractivity contribution in [3.05, 3.63) is 12.3 Å². The highest BCUT2D eigenvalue weighted by Gasteiger charge is 1.98. The molecule has 0 spiro atoms. The zero-order valence-corrected chi connectivity index (χ0v) is 6.49. The lowest BCUT2D eigenvalue weighted by molar-refractivity contribution is 0.153. The third kappa shape index (κ3) is 4.09. The van der Waals surface area contributed by atoms with Gasteiger partial charge in [-0.1, -0.05) is 6.08 Å². The van der Waals surface area contributed by atoms with Crippen molar-refractivity contribution in [2.75, 3.05) is 6.54 Å². The van der Waals surface area contributed by atoms with Crippen LogP contribution >= 0.6 is 0 Å². The molecule has 58 valence electrons. The summed E-state index contributed by atoms with van der Waals surface area (Å²) in [4.78, 5) is 0. The second-order valence-electron chi connectivity index (χ2n) is 2.09. The van der Waals surface area contributed by atoms with Gasteiger partial charge in [-0.05, 0) is 13.8 Å². The first-order valence-corrected chi connectivity index (χ1v) is 3.25. The third-order valence-electron chi connectivity index (χ3n) is 0.954. The lowest BCUT2D eigenvalue weighted by atomic mass is 10.4. The number of aliphatic hydroxyl groups excluding tert-OH is 1. The van der Waals surface area contributed by atoms with Crippen LogP contribution in [0.3, 0.4) is 0 Å². The first-order chi connectivity index (χ1) is 4.70. The molecule has 1 N–H and O–H groups in total. The molecular weight excluding hydrogens is 128 g/mol. The van der Waals surface area contributed by atoms with Gasteiger partial charge < -0.3 is 5.11 Å². The number of rotatable bonds is 4. The van der Waals surface area contributed by atoms with Crippen LogP contribution in [0.5, 0.6) is 0 Å². The normalized spacial score (nSPS) is 13.5. The van der Waals surface area contributed by atoms with Crippen LogP contribution < -0.4 is 0 Å². The predicted octanol–water partition coefficient (Wildman–Crippen LogP) is 0.818. The summed E-state index contributed by atoms with van der Waals surface area (Å²) in [6, 6.07) is 0. The van der Waals surface area contributed by atoms with Crippen molar-refractivity contribution in [1.82, 2.24) is 5.01 Å². The van der Waals surface area contributed by atoms with Crippen LogP contribution in [-0.2, 0) is 0 Å². The van der Waals surface area contributed by atoms with Gasteiger partial charge in [0.25, 0.3) is 0 Å². The molecule has 10 heavy (non-hydrogen) atoms. The van der Waals surface area contributed by atoms with Gasteiger partial charge in [-0.2, -0.15) is 5.10 Å². The predicted molar refractivity (Wildman–Crippen MR) is 42.7 cm³/mol. The number of hydrogen-bond acceptors (Lipinski definition) is 3. The summed E-state index contributed by atoms with van der Waals surface area (Å²) in [5.41, 5.74) is 0. The molecule has 1 atom stereocenters. The SMILES string of the molecule is C=NN(/C=C\C)CC(C)O. The van der Waals surface area contributed by atoms with Gasteiger partial charge in [-0.25, -0.2) is 0 Å². The zero-order valence-electron chi connectivity index (χ0n) is 6.49. The van der Waals surface area contributed by atoms with Gasteiger partial charge in [0.2, 0.25) is 0 Å². The largest absolute Gasteiger partial charge is 0.391 e. The van der Waals surface area contributed by atoms with Crippen molar-refractivity contribution in [3.63, 3.8) is 0 Å². The Bertz CT molecular complexity index is 121. The Balaban J connectivity index is 3.71. The minimum absolute atomic E-state index is 0.373. The molecule has 3 nitrogen and oxygen atoms in total. The quantitative estimate of drug-likeness (QED) is 0.466. The molecular formula is C7H14N2O. The fourth-order valence-electron chi connectivity index (χ4n) is 0.609. The molecule has 1 unspecified atom stereocenters. The number of hydrazone groups is 1. The van der Waals surface area contributed by atoms with Crippen LogP contribution in [-0.4, -0.2) is 29.5 Å². The topological polar surface area (TPSA) is 35.8 Å². The van der Waals surface area contributed by atoms with Crippen molar-refractivity contribution >= 4 is 6.72 Å². The second-order valence-corrected chi connectivity index (χ2v) is 2.09. The summed E-state index contributed by atoms with van der Waals surface area (Å²) in [6.45, 7) is 7.44. The molecule has 0 aromatic rings. The zero-order chi connectivity index (χ0) is 7.98. The summed E-state index contributed by atoms with van der Waals surface area (Å²) < 4.78 is 0. The second kappa shape index (κ2) is 4.99. The van der Waals surface area contributed by atoms with E-state index in [0.717, 1.165) is 0 Å². The van der Waals surface area contributed by atoms with E-state index in [9.17, 15) is 0 Å². The van der Waals surface area contributed by atoms with Crippen molar-refractivity contribution in [3.8, 4) is 0 Å². The minimum Gasteiger partial charge on any atom is -0.391 e. The first-order valence-electron chi connectivity index (χ1n) is 3.25. The lowest BCUT2D eigenvalue weighted by Crippen LogP contribution is -2.21. The van der Waals surface area contributed by atoms with E-state index >= 15 is 0 Å². The molecule has 0 aliphatic rings. The monoisotopic (exact) mass is 142 g/mol. The molecule has 0 aliphatic heterocycles. The van der Waals surface area contributed by atoms with Crippen LogP contribution in [0.2, 0.25) is 0 Å². The standard InChI is InChI=1S/C7H14N2O/c1-4-5-9(8-3)6-7(2)10/h4-5,7,10H,3,6H2,1-2H3/b5-4-. The van der Waals surface area contributed by atoms with Crippen LogP contribution in [0.4, 0.5) is 0 Å². The fourth-order valence-corrected chi connectivity index (χ4v) is 0.609. The maximum atomic E-state index is 8.92. The highest BCUT2D eigenvalue weighted by molar-refractivity contribution is 5.22. The molecule has 0 saturated carbocycles. The van der Waals surface area contributed by atoms with Crippen molar-refractivity contribution in [1.29, 1.82) is 0 Å². The van der Waals surface area contributed by atoms with Gasteiger partial charge in [0.05, 0.1) is 12.6 Å². The van der Waals surface area contributed by atoms with Gasteiger partial charge in [-0.15, -0.1) is 0 Å². The molecule has 3 heteroatoms. The summed E-state index contributed by atoms with van der Waals surface area (Å²) in [6.07, 6.45) is 3.23. The molecule has 0 aromatic carbocycles. The van der Waals surface area contributed by atoms with Crippen LogP contribution in [0.15, 0.2) is 17.4 Å². The van der Waals surface area contributed by atoms with Crippen molar-refractivity contribution in [2.24, 2.45) is 5.10 Å². The number of allylic oxidation sites excluding steroid dienone is 1. The number of hydrogen-bond donors (Lipinski definition) is 1. The Hall–Kier alpha value is -0.830. The molecule has 0 fully saturated rings. The average Bonchev–Trinajstić information content (AvgIpc) is 1.86. The maximum absolute atomic E-state index is 8.92. The highest BCUT2D eigenvalue weighted by atomic mass is 16.3. The Morgan fingerprint density at radius 2 is 2.40 bits per heavy atom. The fraction of sp³-hybridized carbons (Fsp3) is 0.571. The van der Waals surface area contributed by atoms with Crippen molar-refractivity contribution in [2.45, 2.75) is 20.0 Å². The maximum Gasteiger partial charge on any atom is 0.0708 e. The van der Waals surface area contributed by atoms with E-state index in [0.29, 0.717) is 6.54 Å². The molecule has 0 aliphatic carbocycles. The van der Waals surface area contributed by atoms with Gasteiger partial charge >= 0.3 is 0 Å². The van der Waals surface area contributed by atoms with E-state index < -0.39 is 0 Å². The Kier molecular flexibility index (Phi) is 4.58. The minimum atomic E-state index is -0.373. The lowest BCUT2D eigenvalue weighted by Gasteiger charge is -2.14. The molecule has 0 radical (unpaired) electrons. The van der Waals surface area contributed by atoms with Crippen LogP contribution in [0.1, 0.15) is 13.8 Å². The first kappa shape index (κ1) is 9.17. The molecule has 0 amide bonds. The molecule has 0 bridgehead atoms. The average molecular weight is 142 g/mol. The van der Waals surface area contributed by atoms with Crippen LogP contribution in [0.25, 0.3) is 0 Å². The van der Waals surface area contributed by atoms with Crippen LogP contribution in [0, 0.1) is 0 Å². The molecule has 0 rings (SSSR count).